The second-order valence-electron chi connectivity index (χ2n) is 5.43. The van der Waals surface area contributed by atoms with Crippen molar-refractivity contribution in [3.63, 3.8) is 0 Å². The Kier molecular flexibility index (Phi) is 7.92. The highest BCUT2D eigenvalue weighted by molar-refractivity contribution is 5.85. The van der Waals surface area contributed by atoms with Gasteiger partial charge in [-0.1, -0.05) is 0 Å². The van der Waals surface area contributed by atoms with Gasteiger partial charge in [0, 0.05) is 45.1 Å². The Morgan fingerprint density at radius 3 is 2.33 bits per heavy atom. The SMILES string of the molecule is CC(C)(CN)C(=O)N1CCN(c2cnccn2)CC1.Cl.Cl. The van der Waals surface area contributed by atoms with Crippen molar-refractivity contribution >= 4 is 36.5 Å². The van der Waals surface area contributed by atoms with Gasteiger partial charge in [0.05, 0.1) is 11.6 Å². The number of rotatable bonds is 3. The Morgan fingerprint density at radius 2 is 1.86 bits per heavy atom. The number of carbonyl (C=O) groups is 1. The first-order valence-electron chi connectivity index (χ1n) is 6.55. The van der Waals surface area contributed by atoms with Crippen LogP contribution in [0, 0.1) is 5.41 Å². The lowest BCUT2D eigenvalue weighted by molar-refractivity contribution is -0.140. The molecular weight excluding hydrogens is 313 g/mol. The summed E-state index contributed by atoms with van der Waals surface area (Å²) in [5, 5.41) is 0. The van der Waals surface area contributed by atoms with Gasteiger partial charge in [-0.25, -0.2) is 4.98 Å². The van der Waals surface area contributed by atoms with E-state index in [0.29, 0.717) is 19.6 Å². The average molecular weight is 336 g/mol. The lowest BCUT2D eigenvalue weighted by atomic mass is 9.91. The van der Waals surface area contributed by atoms with Crippen LogP contribution in [-0.2, 0) is 4.79 Å². The Labute approximate surface area is 137 Å². The second kappa shape index (κ2) is 8.36. The minimum atomic E-state index is -0.477. The predicted octanol–water partition coefficient (Wildman–Crippen LogP) is 0.954. The zero-order valence-corrected chi connectivity index (χ0v) is 14.0. The summed E-state index contributed by atoms with van der Waals surface area (Å²) in [5.41, 5.74) is 5.18. The largest absolute Gasteiger partial charge is 0.352 e. The third-order valence-electron chi connectivity index (χ3n) is 3.53. The summed E-state index contributed by atoms with van der Waals surface area (Å²) in [6, 6.07) is 0. The fourth-order valence-electron chi connectivity index (χ4n) is 2.11. The Bertz CT molecular complexity index is 435. The normalized spacial score (nSPS) is 15.0. The molecular formula is C13H23Cl2N5O. The fraction of sp³-hybridized carbons (Fsp3) is 0.615. The number of nitrogens with zero attached hydrogens (tertiary/aromatic N) is 4. The molecule has 2 N–H and O–H groups in total. The lowest BCUT2D eigenvalue weighted by Gasteiger charge is -2.38. The van der Waals surface area contributed by atoms with Gasteiger partial charge >= 0.3 is 0 Å². The van der Waals surface area contributed by atoms with Crippen LogP contribution in [0.3, 0.4) is 0 Å². The number of nitrogens with two attached hydrogens (primary N) is 1. The molecule has 0 spiro atoms. The summed E-state index contributed by atoms with van der Waals surface area (Å²) in [7, 11) is 0. The minimum absolute atomic E-state index is 0. The molecule has 0 radical (unpaired) electrons. The minimum Gasteiger partial charge on any atom is -0.352 e. The van der Waals surface area contributed by atoms with Crippen LogP contribution in [-0.4, -0.2) is 53.5 Å². The van der Waals surface area contributed by atoms with Crippen molar-refractivity contribution in [2.24, 2.45) is 11.1 Å². The van der Waals surface area contributed by atoms with Gasteiger partial charge in [-0.2, -0.15) is 0 Å². The van der Waals surface area contributed by atoms with Crippen molar-refractivity contribution in [3.05, 3.63) is 18.6 Å². The third kappa shape index (κ3) is 4.69. The molecule has 21 heavy (non-hydrogen) atoms. The molecule has 0 aromatic carbocycles. The molecule has 1 aromatic rings. The highest BCUT2D eigenvalue weighted by Gasteiger charge is 2.32. The summed E-state index contributed by atoms with van der Waals surface area (Å²) in [6.07, 6.45) is 5.10. The second-order valence-corrected chi connectivity index (χ2v) is 5.43. The lowest BCUT2D eigenvalue weighted by Crippen LogP contribution is -2.53. The van der Waals surface area contributed by atoms with Gasteiger partial charge in [0.15, 0.2) is 0 Å². The Hall–Kier alpha value is -1.11. The van der Waals surface area contributed by atoms with Gasteiger partial charge in [-0.3, -0.25) is 9.78 Å². The van der Waals surface area contributed by atoms with Crippen LogP contribution in [0.1, 0.15) is 13.8 Å². The van der Waals surface area contributed by atoms with Crippen LogP contribution in [0.2, 0.25) is 0 Å². The first kappa shape index (κ1) is 19.9. The van der Waals surface area contributed by atoms with Gasteiger partial charge in [-0.05, 0) is 13.8 Å². The molecule has 8 heteroatoms. The summed E-state index contributed by atoms with van der Waals surface area (Å²) in [4.78, 5) is 24.7. The first-order valence-corrected chi connectivity index (χ1v) is 6.55. The van der Waals surface area contributed by atoms with Gasteiger partial charge < -0.3 is 15.5 Å². The molecule has 1 aliphatic heterocycles. The van der Waals surface area contributed by atoms with Crippen molar-refractivity contribution in [1.82, 2.24) is 14.9 Å². The van der Waals surface area contributed by atoms with Crippen LogP contribution in [0.15, 0.2) is 18.6 Å². The maximum absolute atomic E-state index is 12.3. The van der Waals surface area contributed by atoms with Gasteiger partial charge in [-0.15, -0.1) is 24.8 Å². The van der Waals surface area contributed by atoms with E-state index in [-0.39, 0.29) is 30.7 Å². The van der Waals surface area contributed by atoms with Crippen molar-refractivity contribution < 1.29 is 4.79 Å². The molecule has 0 aliphatic carbocycles. The smallest absolute Gasteiger partial charge is 0.229 e. The average Bonchev–Trinajstić information content (AvgIpc) is 2.47. The van der Waals surface area contributed by atoms with E-state index >= 15 is 0 Å². The zero-order valence-electron chi connectivity index (χ0n) is 12.4. The number of hydrogen-bond donors (Lipinski definition) is 1. The molecule has 0 atom stereocenters. The Morgan fingerprint density at radius 1 is 1.24 bits per heavy atom. The Balaban J connectivity index is 0.00000200. The predicted molar refractivity (Wildman–Crippen MR) is 88.2 cm³/mol. The molecule has 120 valence electrons. The number of hydrogen-bond acceptors (Lipinski definition) is 5. The van der Waals surface area contributed by atoms with E-state index < -0.39 is 5.41 Å². The first-order chi connectivity index (χ1) is 9.04. The van der Waals surface area contributed by atoms with Gasteiger partial charge in [0.25, 0.3) is 0 Å². The quantitative estimate of drug-likeness (QED) is 0.890. The molecule has 0 saturated carbocycles. The molecule has 0 bridgehead atoms. The van der Waals surface area contributed by atoms with Gasteiger partial charge in [0.1, 0.15) is 5.82 Å². The van der Waals surface area contributed by atoms with E-state index in [2.05, 4.69) is 14.9 Å². The summed E-state index contributed by atoms with van der Waals surface area (Å²) >= 11 is 0. The van der Waals surface area contributed by atoms with E-state index in [1.807, 2.05) is 18.7 Å². The number of carbonyl (C=O) groups excluding carboxylic acids is 1. The van der Waals surface area contributed by atoms with Crippen LogP contribution in [0.25, 0.3) is 0 Å². The number of halogens is 2. The van der Waals surface area contributed by atoms with Crippen LogP contribution in [0.5, 0.6) is 0 Å². The highest BCUT2D eigenvalue weighted by Crippen LogP contribution is 2.19. The maximum atomic E-state index is 12.3. The van der Waals surface area contributed by atoms with Crippen LogP contribution < -0.4 is 10.6 Å². The molecule has 6 nitrogen and oxygen atoms in total. The van der Waals surface area contributed by atoms with E-state index in [1.165, 1.54) is 0 Å². The molecule has 2 heterocycles. The molecule has 0 unspecified atom stereocenters. The number of aromatic nitrogens is 2. The number of piperazine rings is 1. The van der Waals surface area contributed by atoms with Crippen molar-refractivity contribution in [2.75, 3.05) is 37.6 Å². The maximum Gasteiger partial charge on any atom is 0.229 e. The summed E-state index contributed by atoms with van der Waals surface area (Å²) in [6.45, 7) is 7.14. The molecule has 2 rings (SSSR count). The topological polar surface area (TPSA) is 75.4 Å². The van der Waals surface area contributed by atoms with Crippen molar-refractivity contribution in [3.8, 4) is 0 Å². The molecule has 1 aliphatic rings. The summed E-state index contributed by atoms with van der Waals surface area (Å²) in [5.74, 6) is 1.00. The number of amides is 1. The highest BCUT2D eigenvalue weighted by atomic mass is 35.5. The molecule has 1 saturated heterocycles. The van der Waals surface area contributed by atoms with E-state index in [0.717, 1.165) is 18.9 Å². The molecule has 1 amide bonds. The fourth-order valence-corrected chi connectivity index (χ4v) is 2.11. The van der Waals surface area contributed by atoms with Gasteiger partial charge in [0.2, 0.25) is 5.91 Å². The zero-order chi connectivity index (χ0) is 13.9. The molecule has 1 aromatic heterocycles. The summed E-state index contributed by atoms with van der Waals surface area (Å²) < 4.78 is 0. The van der Waals surface area contributed by atoms with Crippen molar-refractivity contribution in [1.29, 1.82) is 0 Å². The molecule has 1 fully saturated rings. The van der Waals surface area contributed by atoms with E-state index in [1.54, 1.807) is 18.6 Å². The van der Waals surface area contributed by atoms with E-state index in [4.69, 9.17) is 5.73 Å². The monoisotopic (exact) mass is 335 g/mol. The van der Waals surface area contributed by atoms with Crippen LogP contribution in [0.4, 0.5) is 5.82 Å². The van der Waals surface area contributed by atoms with Crippen molar-refractivity contribution in [2.45, 2.75) is 13.8 Å². The third-order valence-corrected chi connectivity index (χ3v) is 3.53. The number of anilines is 1. The van der Waals surface area contributed by atoms with E-state index in [9.17, 15) is 4.79 Å². The standard InChI is InChI=1S/C13H21N5O.2ClH/c1-13(2,10-14)12(19)18-7-5-17(6-8-18)11-9-15-3-4-16-11;;/h3-4,9H,5-8,10,14H2,1-2H3;2*1H. The van der Waals surface area contributed by atoms with Crippen LogP contribution >= 0.6 is 24.8 Å².